The summed E-state index contributed by atoms with van der Waals surface area (Å²) in [6, 6.07) is 10.1. The number of likely N-dealkylation sites (tertiary alicyclic amines) is 1. The molecule has 0 radical (unpaired) electrons. The number of hydrogen-bond acceptors (Lipinski definition) is 2. The van der Waals surface area contributed by atoms with Crippen molar-refractivity contribution in [3.05, 3.63) is 35.9 Å². The van der Waals surface area contributed by atoms with Crippen LogP contribution < -0.4 is 0 Å². The number of hydrogen-bond donors (Lipinski definition) is 1. The molecule has 1 atom stereocenters. The van der Waals surface area contributed by atoms with Crippen molar-refractivity contribution in [2.75, 3.05) is 13.1 Å². The predicted molar refractivity (Wildman–Crippen MR) is 94.9 cm³/mol. The van der Waals surface area contributed by atoms with Crippen LogP contribution in [0.25, 0.3) is 0 Å². The number of aliphatic carboxylic acids is 1. The largest absolute Gasteiger partial charge is 0.481 e. The molecule has 24 heavy (non-hydrogen) atoms. The third kappa shape index (κ3) is 3.97. The zero-order valence-corrected chi connectivity index (χ0v) is 14.8. The minimum atomic E-state index is -0.751. The van der Waals surface area contributed by atoms with Crippen LogP contribution in [0.3, 0.4) is 0 Å². The molecule has 1 amide bonds. The van der Waals surface area contributed by atoms with Crippen molar-refractivity contribution >= 4 is 11.9 Å². The number of carbonyl (C=O) groups excluding carboxylic acids is 1. The van der Waals surface area contributed by atoms with E-state index >= 15 is 0 Å². The van der Waals surface area contributed by atoms with Crippen LogP contribution in [-0.4, -0.2) is 35.0 Å². The fraction of sp³-hybridized carbons (Fsp3) is 0.600. The van der Waals surface area contributed by atoms with Crippen LogP contribution in [0, 0.1) is 5.92 Å². The van der Waals surface area contributed by atoms with Crippen molar-refractivity contribution in [3.8, 4) is 0 Å². The van der Waals surface area contributed by atoms with Gasteiger partial charge in [0.2, 0.25) is 5.91 Å². The summed E-state index contributed by atoms with van der Waals surface area (Å²) in [5.41, 5.74) is 0.628. The molecule has 1 aromatic carbocycles. The van der Waals surface area contributed by atoms with Gasteiger partial charge < -0.3 is 10.0 Å². The molecule has 0 saturated carbocycles. The summed E-state index contributed by atoms with van der Waals surface area (Å²) in [6.45, 7) is 5.65. The van der Waals surface area contributed by atoms with E-state index in [1.807, 2.05) is 23.1 Å². The van der Waals surface area contributed by atoms with Crippen molar-refractivity contribution in [1.29, 1.82) is 0 Å². The molecule has 1 saturated heterocycles. The average molecular weight is 331 g/mol. The highest BCUT2D eigenvalue weighted by Gasteiger charge is 2.40. The van der Waals surface area contributed by atoms with Crippen molar-refractivity contribution in [3.63, 3.8) is 0 Å². The molecule has 0 spiro atoms. The fourth-order valence-electron chi connectivity index (χ4n) is 3.96. The first-order valence-electron chi connectivity index (χ1n) is 9.10. The molecule has 1 aliphatic heterocycles. The lowest BCUT2D eigenvalue weighted by Crippen LogP contribution is -2.50. The second-order valence-electron chi connectivity index (χ2n) is 6.85. The molecular weight excluding hydrogens is 302 g/mol. The number of amides is 1. The Morgan fingerprint density at radius 1 is 1.21 bits per heavy atom. The SMILES string of the molecule is CCC(CC)(C(=O)N1CCCC(CCC(=O)O)C1)c1ccccc1. The molecule has 0 aliphatic carbocycles. The molecular formula is C20H29NO3. The molecule has 1 N–H and O–H groups in total. The summed E-state index contributed by atoms with van der Waals surface area (Å²) < 4.78 is 0. The van der Waals surface area contributed by atoms with E-state index in [0.29, 0.717) is 18.9 Å². The lowest BCUT2D eigenvalue weighted by molar-refractivity contribution is -0.140. The van der Waals surface area contributed by atoms with Gasteiger partial charge in [-0.15, -0.1) is 0 Å². The molecule has 1 unspecified atom stereocenters. The monoisotopic (exact) mass is 331 g/mol. The lowest BCUT2D eigenvalue weighted by Gasteiger charge is -2.40. The van der Waals surface area contributed by atoms with Gasteiger partial charge in [-0.2, -0.15) is 0 Å². The average Bonchev–Trinajstić information content (AvgIpc) is 2.62. The molecule has 4 nitrogen and oxygen atoms in total. The highest BCUT2D eigenvalue weighted by atomic mass is 16.4. The quantitative estimate of drug-likeness (QED) is 0.825. The number of carboxylic acids is 1. The van der Waals surface area contributed by atoms with Gasteiger partial charge >= 0.3 is 5.97 Å². The first kappa shape index (κ1) is 18.5. The third-order valence-corrected chi connectivity index (χ3v) is 5.52. The van der Waals surface area contributed by atoms with Gasteiger partial charge in [0.1, 0.15) is 0 Å². The Morgan fingerprint density at radius 2 is 1.88 bits per heavy atom. The van der Waals surface area contributed by atoms with Gasteiger partial charge in [0.25, 0.3) is 0 Å². The lowest BCUT2D eigenvalue weighted by atomic mass is 9.74. The van der Waals surface area contributed by atoms with E-state index in [0.717, 1.165) is 37.8 Å². The normalized spacial score (nSPS) is 18.4. The van der Waals surface area contributed by atoms with Crippen LogP contribution in [0.5, 0.6) is 0 Å². The fourth-order valence-corrected chi connectivity index (χ4v) is 3.96. The van der Waals surface area contributed by atoms with Gasteiger partial charge in [0.15, 0.2) is 0 Å². The summed E-state index contributed by atoms with van der Waals surface area (Å²) in [5, 5.41) is 8.89. The second-order valence-corrected chi connectivity index (χ2v) is 6.85. The summed E-state index contributed by atoms with van der Waals surface area (Å²) in [6.07, 6.45) is 4.40. The maximum absolute atomic E-state index is 13.4. The zero-order chi connectivity index (χ0) is 17.6. The minimum Gasteiger partial charge on any atom is -0.481 e. The van der Waals surface area contributed by atoms with Gasteiger partial charge in [-0.1, -0.05) is 44.2 Å². The van der Waals surface area contributed by atoms with Gasteiger partial charge in [0.05, 0.1) is 5.41 Å². The van der Waals surface area contributed by atoms with E-state index < -0.39 is 11.4 Å². The molecule has 0 bridgehead atoms. The molecule has 132 valence electrons. The maximum atomic E-state index is 13.4. The zero-order valence-electron chi connectivity index (χ0n) is 14.8. The van der Waals surface area contributed by atoms with E-state index in [9.17, 15) is 9.59 Å². The molecule has 1 fully saturated rings. The summed E-state index contributed by atoms with van der Waals surface area (Å²) >= 11 is 0. The van der Waals surface area contributed by atoms with Crippen LogP contribution in [0.2, 0.25) is 0 Å². The van der Waals surface area contributed by atoms with Gasteiger partial charge in [-0.3, -0.25) is 9.59 Å². The first-order chi connectivity index (χ1) is 11.5. The smallest absolute Gasteiger partial charge is 0.303 e. The van der Waals surface area contributed by atoms with E-state index in [-0.39, 0.29) is 12.3 Å². The third-order valence-electron chi connectivity index (χ3n) is 5.52. The van der Waals surface area contributed by atoms with Crippen molar-refractivity contribution < 1.29 is 14.7 Å². The van der Waals surface area contributed by atoms with Crippen LogP contribution in [0.4, 0.5) is 0 Å². The van der Waals surface area contributed by atoms with E-state index in [2.05, 4.69) is 26.0 Å². The number of rotatable bonds is 7. The highest BCUT2D eigenvalue weighted by molar-refractivity contribution is 5.88. The van der Waals surface area contributed by atoms with E-state index in [1.165, 1.54) is 0 Å². The topological polar surface area (TPSA) is 57.6 Å². The van der Waals surface area contributed by atoms with Crippen LogP contribution in [-0.2, 0) is 15.0 Å². The number of nitrogens with zero attached hydrogens (tertiary/aromatic N) is 1. The predicted octanol–water partition coefficient (Wildman–Crippen LogP) is 3.85. The first-order valence-corrected chi connectivity index (χ1v) is 9.10. The standard InChI is InChI=1S/C20H29NO3/c1-3-20(4-2,17-10-6-5-7-11-17)19(24)21-14-8-9-16(15-21)12-13-18(22)23/h5-7,10-11,16H,3-4,8-9,12-15H2,1-2H3,(H,22,23). The van der Waals surface area contributed by atoms with Gasteiger partial charge in [-0.05, 0) is 43.6 Å². The maximum Gasteiger partial charge on any atom is 0.303 e. The highest BCUT2D eigenvalue weighted by Crippen LogP contribution is 2.35. The van der Waals surface area contributed by atoms with Gasteiger partial charge in [-0.25, -0.2) is 0 Å². The minimum absolute atomic E-state index is 0.193. The van der Waals surface area contributed by atoms with Crippen molar-refractivity contribution in [2.24, 2.45) is 5.92 Å². The summed E-state index contributed by atoms with van der Waals surface area (Å²) in [4.78, 5) is 26.2. The molecule has 1 heterocycles. The molecule has 4 heteroatoms. The number of piperidine rings is 1. The molecule has 1 aliphatic rings. The number of benzene rings is 1. The Morgan fingerprint density at radius 3 is 2.46 bits per heavy atom. The summed E-state index contributed by atoms with van der Waals surface area (Å²) in [5.74, 6) is -0.237. The van der Waals surface area contributed by atoms with Gasteiger partial charge in [0, 0.05) is 19.5 Å². The number of carbonyl (C=O) groups is 2. The van der Waals surface area contributed by atoms with E-state index in [1.54, 1.807) is 0 Å². The molecule has 1 aromatic rings. The van der Waals surface area contributed by atoms with E-state index in [4.69, 9.17) is 5.11 Å². The van der Waals surface area contributed by atoms with Crippen LogP contribution in [0.15, 0.2) is 30.3 Å². The van der Waals surface area contributed by atoms with Crippen LogP contribution >= 0.6 is 0 Å². The van der Waals surface area contributed by atoms with Crippen LogP contribution in [0.1, 0.15) is 57.9 Å². The molecule has 0 aromatic heterocycles. The Balaban J connectivity index is 2.16. The number of carboxylic acid groups (broad SMARTS) is 1. The van der Waals surface area contributed by atoms with Crippen molar-refractivity contribution in [1.82, 2.24) is 4.90 Å². The van der Waals surface area contributed by atoms with Crippen molar-refractivity contribution in [2.45, 2.75) is 57.8 Å². The Bertz CT molecular complexity index is 551. The second kappa shape index (κ2) is 8.32. The Kier molecular flexibility index (Phi) is 6.41. The Labute approximate surface area is 144 Å². The summed E-state index contributed by atoms with van der Waals surface area (Å²) in [7, 11) is 0. The molecule has 2 rings (SSSR count). The Hall–Kier alpha value is -1.84.